The van der Waals surface area contributed by atoms with E-state index in [9.17, 15) is 4.39 Å². The molecule has 0 fully saturated rings. The zero-order chi connectivity index (χ0) is 11.4. The fraction of sp³-hybridized carbons (Fsp3) is 0.417. The molecule has 0 radical (unpaired) electrons. The number of rotatable bonds is 4. The summed E-state index contributed by atoms with van der Waals surface area (Å²) < 4.78 is 23.3. The zero-order valence-corrected chi connectivity index (χ0v) is 9.15. The number of halogens is 1. The van der Waals surface area contributed by atoms with Gasteiger partial charge in [0.05, 0.1) is 12.6 Å². The van der Waals surface area contributed by atoms with Gasteiger partial charge in [0.15, 0.2) is 5.90 Å². The minimum Gasteiger partial charge on any atom is -0.494 e. The Morgan fingerprint density at radius 3 is 2.81 bits per heavy atom. The fourth-order valence-electron chi connectivity index (χ4n) is 1.54. The van der Waals surface area contributed by atoms with E-state index in [-0.39, 0.29) is 11.9 Å². The second kappa shape index (κ2) is 4.96. The molecule has 2 rings (SSSR count). The Balaban J connectivity index is 1.74. The molecule has 0 aromatic heterocycles. The fourth-order valence-corrected chi connectivity index (χ4v) is 1.54. The van der Waals surface area contributed by atoms with E-state index in [0.29, 0.717) is 19.0 Å². The van der Waals surface area contributed by atoms with Crippen LogP contribution < -0.4 is 4.74 Å². The molecule has 0 amide bonds. The minimum absolute atomic E-state index is 0.195. The van der Waals surface area contributed by atoms with Crippen molar-refractivity contribution in [1.29, 1.82) is 0 Å². The first kappa shape index (κ1) is 10.9. The van der Waals surface area contributed by atoms with Crippen molar-refractivity contribution >= 4 is 5.90 Å². The standard InChI is InChI=1S/C12H14FNO2/c1-9-14-11(8-16-9)6-7-15-12-4-2-10(13)3-5-12/h2-5,11H,6-8H2,1H3. The Kier molecular flexibility index (Phi) is 3.39. The van der Waals surface area contributed by atoms with E-state index in [1.807, 2.05) is 6.92 Å². The van der Waals surface area contributed by atoms with Crippen molar-refractivity contribution in [3.05, 3.63) is 30.1 Å². The third-order valence-corrected chi connectivity index (χ3v) is 2.38. The van der Waals surface area contributed by atoms with Crippen LogP contribution in [0.2, 0.25) is 0 Å². The summed E-state index contributed by atoms with van der Waals surface area (Å²) in [6.45, 7) is 3.05. The normalized spacial score (nSPS) is 19.1. The molecule has 0 saturated carbocycles. The van der Waals surface area contributed by atoms with Crippen LogP contribution in [-0.2, 0) is 4.74 Å². The SMILES string of the molecule is CC1=NC(CCOc2ccc(F)cc2)CO1. The van der Waals surface area contributed by atoms with Gasteiger partial charge in [-0.2, -0.15) is 0 Å². The molecule has 1 heterocycles. The summed E-state index contributed by atoms with van der Waals surface area (Å²) >= 11 is 0. The van der Waals surface area contributed by atoms with Crippen molar-refractivity contribution in [2.24, 2.45) is 4.99 Å². The van der Waals surface area contributed by atoms with Crippen LogP contribution in [0.15, 0.2) is 29.3 Å². The predicted octanol–water partition coefficient (Wildman–Crippen LogP) is 2.41. The van der Waals surface area contributed by atoms with E-state index in [0.717, 1.165) is 12.3 Å². The van der Waals surface area contributed by atoms with Crippen LogP contribution in [0.1, 0.15) is 13.3 Å². The van der Waals surface area contributed by atoms with Crippen LogP contribution in [0.5, 0.6) is 5.75 Å². The van der Waals surface area contributed by atoms with Gasteiger partial charge in [-0.05, 0) is 24.3 Å². The topological polar surface area (TPSA) is 30.8 Å². The second-order valence-electron chi connectivity index (χ2n) is 3.70. The van der Waals surface area contributed by atoms with Crippen molar-refractivity contribution in [3.8, 4) is 5.75 Å². The van der Waals surface area contributed by atoms with Crippen molar-refractivity contribution in [2.45, 2.75) is 19.4 Å². The first-order valence-electron chi connectivity index (χ1n) is 5.29. The van der Waals surface area contributed by atoms with Gasteiger partial charge in [-0.3, -0.25) is 0 Å². The molecule has 0 aliphatic carbocycles. The lowest BCUT2D eigenvalue weighted by atomic mass is 10.2. The van der Waals surface area contributed by atoms with Gasteiger partial charge in [0, 0.05) is 13.3 Å². The molecule has 0 bridgehead atoms. The monoisotopic (exact) mass is 223 g/mol. The molecule has 1 unspecified atom stereocenters. The Morgan fingerprint density at radius 2 is 2.19 bits per heavy atom. The molecule has 0 N–H and O–H groups in total. The quantitative estimate of drug-likeness (QED) is 0.784. The first-order valence-corrected chi connectivity index (χ1v) is 5.29. The molecule has 16 heavy (non-hydrogen) atoms. The third-order valence-electron chi connectivity index (χ3n) is 2.38. The Morgan fingerprint density at radius 1 is 1.44 bits per heavy atom. The second-order valence-corrected chi connectivity index (χ2v) is 3.70. The van der Waals surface area contributed by atoms with E-state index >= 15 is 0 Å². The summed E-state index contributed by atoms with van der Waals surface area (Å²) in [5, 5.41) is 0. The van der Waals surface area contributed by atoms with Crippen molar-refractivity contribution in [2.75, 3.05) is 13.2 Å². The molecule has 1 aliphatic rings. The maximum atomic E-state index is 12.6. The van der Waals surface area contributed by atoms with Crippen LogP contribution in [0.4, 0.5) is 4.39 Å². The molecule has 3 nitrogen and oxygen atoms in total. The van der Waals surface area contributed by atoms with E-state index in [4.69, 9.17) is 9.47 Å². The molecule has 1 aliphatic heterocycles. The minimum atomic E-state index is -0.253. The largest absolute Gasteiger partial charge is 0.494 e. The van der Waals surface area contributed by atoms with Crippen LogP contribution >= 0.6 is 0 Å². The van der Waals surface area contributed by atoms with Crippen LogP contribution in [0.3, 0.4) is 0 Å². The summed E-state index contributed by atoms with van der Waals surface area (Å²) in [7, 11) is 0. The summed E-state index contributed by atoms with van der Waals surface area (Å²) in [6, 6.07) is 6.21. The van der Waals surface area contributed by atoms with Gasteiger partial charge in [-0.15, -0.1) is 0 Å². The number of hydrogen-bond donors (Lipinski definition) is 0. The number of aliphatic imine (C=N–C) groups is 1. The number of ether oxygens (including phenoxy) is 2. The molecule has 1 aromatic rings. The van der Waals surface area contributed by atoms with Gasteiger partial charge in [-0.25, -0.2) is 9.38 Å². The lowest BCUT2D eigenvalue weighted by Gasteiger charge is -2.07. The highest BCUT2D eigenvalue weighted by molar-refractivity contribution is 5.74. The summed E-state index contributed by atoms with van der Waals surface area (Å²) in [5.74, 6) is 1.17. The van der Waals surface area contributed by atoms with Crippen LogP contribution in [0, 0.1) is 5.82 Å². The molecular weight excluding hydrogens is 209 g/mol. The highest BCUT2D eigenvalue weighted by Gasteiger charge is 2.15. The smallest absolute Gasteiger partial charge is 0.180 e. The molecule has 1 atom stereocenters. The van der Waals surface area contributed by atoms with Gasteiger partial charge in [-0.1, -0.05) is 0 Å². The van der Waals surface area contributed by atoms with E-state index in [2.05, 4.69) is 4.99 Å². The number of nitrogens with zero attached hydrogens (tertiary/aromatic N) is 1. The van der Waals surface area contributed by atoms with Crippen LogP contribution in [-0.4, -0.2) is 25.2 Å². The third kappa shape index (κ3) is 2.95. The van der Waals surface area contributed by atoms with Gasteiger partial charge in [0.25, 0.3) is 0 Å². The lowest BCUT2D eigenvalue weighted by molar-refractivity contribution is 0.264. The Bertz CT molecular complexity index is 375. The summed E-state index contributed by atoms with van der Waals surface area (Å²) in [5.41, 5.74) is 0. The van der Waals surface area contributed by atoms with Gasteiger partial charge < -0.3 is 9.47 Å². The van der Waals surface area contributed by atoms with Gasteiger partial charge in [0.2, 0.25) is 0 Å². The first-order chi connectivity index (χ1) is 7.74. The molecule has 0 saturated heterocycles. The molecule has 0 spiro atoms. The zero-order valence-electron chi connectivity index (χ0n) is 9.15. The van der Waals surface area contributed by atoms with Crippen molar-refractivity contribution in [3.63, 3.8) is 0 Å². The maximum absolute atomic E-state index is 12.6. The summed E-state index contributed by atoms with van der Waals surface area (Å²) in [4.78, 5) is 4.29. The average molecular weight is 223 g/mol. The molecule has 1 aromatic carbocycles. The van der Waals surface area contributed by atoms with Crippen molar-refractivity contribution < 1.29 is 13.9 Å². The number of hydrogen-bond acceptors (Lipinski definition) is 3. The van der Waals surface area contributed by atoms with Gasteiger partial charge >= 0.3 is 0 Å². The number of benzene rings is 1. The molecule has 4 heteroatoms. The Labute approximate surface area is 93.9 Å². The van der Waals surface area contributed by atoms with E-state index in [1.54, 1.807) is 12.1 Å². The lowest BCUT2D eigenvalue weighted by Crippen LogP contribution is -2.11. The average Bonchev–Trinajstić information content (AvgIpc) is 2.67. The van der Waals surface area contributed by atoms with E-state index in [1.165, 1.54) is 12.1 Å². The highest BCUT2D eigenvalue weighted by atomic mass is 19.1. The Hall–Kier alpha value is -1.58. The van der Waals surface area contributed by atoms with Crippen molar-refractivity contribution in [1.82, 2.24) is 0 Å². The predicted molar refractivity (Wildman–Crippen MR) is 59.4 cm³/mol. The highest BCUT2D eigenvalue weighted by Crippen LogP contribution is 2.13. The van der Waals surface area contributed by atoms with E-state index < -0.39 is 0 Å². The van der Waals surface area contributed by atoms with Gasteiger partial charge in [0.1, 0.15) is 18.2 Å². The molecule has 86 valence electrons. The molecular formula is C12H14FNO2. The van der Waals surface area contributed by atoms with Crippen LogP contribution in [0.25, 0.3) is 0 Å². The maximum Gasteiger partial charge on any atom is 0.180 e. The summed E-state index contributed by atoms with van der Waals surface area (Å²) in [6.07, 6.45) is 0.814.